The van der Waals surface area contributed by atoms with Crippen molar-refractivity contribution in [3.63, 3.8) is 0 Å². The zero-order valence-corrected chi connectivity index (χ0v) is 16.5. The Morgan fingerprint density at radius 2 is 1.89 bits per heavy atom. The zero-order valence-electron chi connectivity index (χ0n) is 15.7. The Morgan fingerprint density at radius 3 is 2.64 bits per heavy atom. The van der Waals surface area contributed by atoms with Gasteiger partial charge in [-0.25, -0.2) is 8.42 Å². The molecule has 0 bridgehead atoms. The van der Waals surface area contributed by atoms with Crippen LogP contribution in [0.2, 0.25) is 0 Å². The van der Waals surface area contributed by atoms with Crippen LogP contribution in [0.3, 0.4) is 0 Å². The van der Waals surface area contributed by atoms with E-state index in [1.54, 1.807) is 30.3 Å². The van der Waals surface area contributed by atoms with Gasteiger partial charge in [0.25, 0.3) is 0 Å². The van der Waals surface area contributed by atoms with E-state index in [4.69, 9.17) is 14.2 Å². The van der Waals surface area contributed by atoms with Gasteiger partial charge in [-0.2, -0.15) is 4.31 Å². The molecule has 1 fully saturated rings. The molecule has 1 atom stereocenters. The maximum Gasteiger partial charge on any atom is 0.246 e. The molecular weight excluding hydrogens is 382 g/mol. The number of rotatable bonds is 4. The van der Waals surface area contributed by atoms with Gasteiger partial charge in [-0.1, -0.05) is 12.1 Å². The van der Waals surface area contributed by atoms with E-state index in [0.717, 1.165) is 0 Å². The molecule has 7 nitrogen and oxygen atoms in total. The molecule has 0 saturated carbocycles. The van der Waals surface area contributed by atoms with E-state index in [0.29, 0.717) is 23.5 Å². The van der Waals surface area contributed by atoms with Crippen molar-refractivity contribution in [1.82, 2.24) is 4.31 Å². The van der Waals surface area contributed by atoms with Gasteiger partial charge in [0.2, 0.25) is 10.0 Å². The summed E-state index contributed by atoms with van der Waals surface area (Å²) in [5, 5.41) is 0. The number of carbonyl (C=O) groups excluding carboxylic acids is 1. The minimum Gasteiger partial charge on any atom is -0.497 e. The SMILES string of the molecule is COc1ccc(S(=O)(=O)N2CCC3(CC(=O)c4ccccc4O3)C2)c(OC)c1. The second-order valence-corrected chi connectivity index (χ2v) is 8.89. The van der Waals surface area contributed by atoms with E-state index in [9.17, 15) is 13.2 Å². The van der Waals surface area contributed by atoms with Gasteiger partial charge in [-0.3, -0.25) is 4.79 Å². The number of nitrogens with zero attached hydrogens (tertiary/aromatic N) is 1. The summed E-state index contributed by atoms with van der Waals surface area (Å²) in [5.41, 5.74) is -0.288. The molecule has 8 heteroatoms. The molecule has 0 radical (unpaired) electrons. The highest BCUT2D eigenvalue weighted by Gasteiger charge is 2.49. The first kappa shape index (κ1) is 18.8. The third-order valence-corrected chi connectivity index (χ3v) is 7.15. The minimum absolute atomic E-state index is 0.0249. The van der Waals surface area contributed by atoms with Crippen LogP contribution in [-0.2, 0) is 10.0 Å². The minimum atomic E-state index is -3.82. The number of hydrogen-bond acceptors (Lipinski definition) is 6. The number of benzene rings is 2. The number of carbonyl (C=O) groups is 1. The van der Waals surface area contributed by atoms with Crippen LogP contribution in [0.15, 0.2) is 47.4 Å². The molecule has 4 rings (SSSR count). The molecular formula is C20H21NO6S. The summed E-state index contributed by atoms with van der Waals surface area (Å²) in [6.45, 7) is 0.386. The van der Waals surface area contributed by atoms with Crippen LogP contribution in [-0.4, -0.2) is 51.4 Å². The number of ketones is 1. The molecule has 0 aromatic heterocycles. The van der Waals surface area contributed by atoms with E-state index in [2.05, 4.69) is 0 Å². The normalized spacial score (nSPS) is 22.0. The smallest absolute Gasteiger partial charge is 0.246 e. The summed E-state index contributed by atoms with van der Waals surface area (Å²) in [6, 6.07) is 11.7. The van der Waals surface area contributed by atoms with Gasteiger partial charge < -0.3 is 14.2 Å². The van der Waals surface area contributed by atoms with Gasteiger partial charge in [0.1, 0.15) is 27.7 Å². The van der Waals surface area contributed by atoms with Crippen LogP contribution in [0.25, 0.3) is 0 Å². The highest BCUT2D eigenvalue weighted by atomic mass is 32.2. The van der Waals surface area contributed by atoms with E-state index >= 15 is 0 Å². The second kappa shape index (κ2) is 6.79. The molecule has 2 aliphatic rings. The van der Waals surface area contributed by atoms with Gasteiger partial charge in [-0.05, 0) is 24.3 Å². The average molecular weight is 403 g/mol. The summed E-state index contributed by atoms with van der Waals surface area (Å²) in [6.07, 6.45) is 0.612. The van der Waals surface area contributed by atoms with Crippen LogP contribution in [0, 0.1) is 0 Å². The fourth-order valence-corrected chi connectivity index (χ4v) is 5.46. The van der Waals surface area contributed by atoms with Gasteiger partial charge in [0, 0.05) is 19.0 Å². The van der Waals surface area contributed by atoms with Crippen molar-refractivity contribution in [3.8, 4) is 17.2 Å². The predicted molar refractivity (Wildman–Crippen MR) is 102 cm³/mol. The molecule has 0 aliphatic carbocycles. The summed E-state index contributed by atoms with van der Waals surface area (Å²) >= 11 is 0. The van der Waals surface area contributed by atoms with Crippen LogP contribution in [0.5, 0.6) is 17.2 Å². The van der Waals surface area contributed by atoms with Crippen molar-refractivity contribution in [2.24, 2.45) is 0 Å². The van der Waals surface area contributed by atoms with Crippen molar-refractivity contribution in [3.05, 3.63) is 48.0 Å². The van der Waals surface area contributed by atoms with Crippen molar-refractivity contribution in [1.29, 1.82) is 0 Å². The Morgan fingerprint density at radius 1 is 1.11 bits per heavy atom. The van der Waals surface area contributed by atoms with Crippen LogP contribution in [0.4, 0.5) is 0 Å². The molecule has 2 aromatic rings. The molecule has 1 saturated heterocycles. The van der Waals surface area contributed by atoms with E-state index in [1.165, 1.54) is 30.7 Å². The predicted octanol–water partition coefficient (Wildman–Crippen LogP) is 2.50. The Balaban J connectivity index is 1.63. The molecule has 2 heterocycles. The summed E-state index contributed by atoms with van der Waals surface area (Å²) < 4.78 is 44.4. The average Bonchev–Trinajstić information content (AvgIpc) is 3.11. The van der Waals surface area contributed by atoms with Gasteiger partial charge in [0.15, 0.2) is 5.78 Å². The van der Waals surface area contributed by atoms with E-state index in [1.807, 2.05) is 0 Å². The molecule has 2 aromatic carbocycles. The molecule has 1 spiro atoms. The largest absolute Gasteiger partial charge is 0.497 e. The summed E-state index contributed by atoms with van der Waals surface area (Å²) in [4.78, 5) is 12.6. The Hall–Kier alpha value is -2.58. The van der Waals surface area contributed by atoms with E-state index < -0.39 is 15.6 Å². The third-order valence-electron chi connectivity index (χ3n) is 5.27. The van der Waals surface area contributed by atoms with Crippen LogP contribution >= 0.6 is 0 Å². The number of fused-ring (bicyclic) bond motifs is 1. The van der Waals surface area contributed by atoms with Crippen LogP contribution in [0.1, 0.15) is 23.2 Å². The van der Waals surface area contributed by atoms with Crippen molar-refractivity contribution in [2.45, 2.75) is 23.3 Å². The van der Waals surface area contributed by atoms with Crippen molar-refractivity contribution in [2.75, 3.05) is 27.3 Å². The molecule has 1 unspecified atom stereocenters. The molecule has 0 N–H and O–H groups in total. The lowest BCUT2D eigenvalue weighted by Crippen LogP contribution is -2.45. The number of sulfonamides is 1. The number of hydrogen-bond donors (Lipinski definition) is 0. The topological polar surface area (TPSA) is 82.1 Å². The Bertz CT molecular complexity index is 1030. The molecule has 148 valence electrons. The first-order chi connectivity index (χ1) is 13.4. The fraction of sp³-hybridized carbons (Fsp3) is 0.350. The summed E-state index contributed by atoms with van der Waals surface area (Å²) in [5.74, 6) is 1.21. The zero-order chi connectivity index (χ0) is 19.9. The van der Waals surface area contributed by atoms with Crippen molar-refractivity contribution >= 4 is 15.8 Å². The van der Waals surface area contributed by atoms with Gasteiger partial charge in [0.05, 0.1) is 32.7 Å². The first-order valence-electron chi connectivity index (χ1n) is 8.92. The lowest BCUT2D eigenvalue weighted by molar-refractivity contribution is 0.0498. The second-order valence-electron chi connectivity index (χ2n) is 6.99. The first-order valence-corrected chi connectivity index (χ1v) is 10.4. The highest BCUT2D eigenvalue weighted by molar-refractivity contribution is 7.89. The Labute approximate surface area is 163 Å². The molecule has 28 heavy (non-hydrogen) atoms. The van der Waals surface area contributed by atoms with Gasteiger partial charge >= 0.3 is 0 Å². The summed E-state index contributed by atoms with van der Waals surface area (Å²) in [7, 11) is -0.897. The van der Waals surface area contributed by atoms with Crippen LogP contribution < -0.4 is 14.2 Å². The number of Topliss-reactive ketones (excluding diaryl/α,β-unsaturated/α-hetero) is 1. The monoisotopic (exact) mass is 403 g/mol. The highest BCUT2D eigenvalue weighted by Crippen LogP contribution is 2.41. The third kappa shape index (κ3) is 3.02. The quantitative estimate of drug-likeness (QED) is 0.780. The number of para-hydroxylation sites is 1. The molecule has 0 amide bonds. The van der Waals surface area contributed by atoms with Gasteiger partial charge in [-0.15, -0.1) is 0 Å². The fourth-order valence-electron chi connectivity index (χ4n) is 3.81. The standard InChI is InChI=1S/C20H21NO6S/c1-25-14-7-8-19(18(11-14)26-2)28(23,24)21-10-9-20(13-21)12-16(22)15-5-3-4-6-17(15)27-20/h3-8,11H,9-10,12-13H2,1-2H3. The Kier molecular flexibility index (Phi) is 4.55. The lowest BCUT2D eigenvalue weighted by atomic mass is 9.89. The lowest BCUT2D eigenvalue weighted by Gasteiger charge is -2.34. The maximum absolute atomic E-state index is 13.2. The number of methoxy groups -OCH3 is 2. The van der Waals surface area contributed by atoms with Crippen molar-refractivity contribution < 1.29 is 27.4 Å². The molecule has 2 aliphatic heterocycles. The number of ether oxygens (including phenoxy) is 3. The maximum atomic E-state index is 13.2. The van der Waals surface area contributed by atoms with E-state index in [-0.39, 0.29) is 35.9 Å².